The number of alkyl halides is 3. The van der Waals surface area contributed by atoms with Crippen LogP contribution in [0.15, 0.2) is 53.4 Å². The van der Waals surface area contributed by atoms with E-state index >= 15 is 0 Å². The monoisotopic (exact) mass is 485 g/mol. The average molecular weight is 486 g/mol. The highest BCUT2D eigenvalue weighted by molar-refractivity contribution is 7.89. The number of benzene rings is 2. The van der Waals surface area contributed by atoms with E-state index in [9.17, 15) is 26.4 Å². The van der Waals surface area contributed by atoms with E-state index in [2.05, 4.69) is 9.62 Å². The number of likely N-dealkylation sites (tertiary alicyclic amines) is 1. The van der Waals surface area contributed by atoms with Crippen molar-refractivity contribution in [1.82, 2.24) is 14.9 Å². The lowest BCUT2D eigenvalue weighted by Gasteiger charge is -2.29. The number of halogens is 3. The number of sulfonamides is 1. The summed E-state index contributed by atoms with van der Waals surface area (Å²) >= 11 is 0. The van der Waals surface area contributed by atoms with Gasteiger partial charge in [0.2, 0.25) is 10.0 Å². The molecule has 0 saturated carbocycles. The fourth-order valence-corrected chi connectivity index (χ4v) is 4.81. The fourth-order valence-electron chi connectivity index (χ4n) is 3.77. The maximum Gasteiger partial charge on any atom is 0.405 e. The van der Waals surface area contributed by atoms with Crippen LogP contribution in [0.5, 0.6) is 5.75 Å². The predicted octanol–water partition coefficient (Wildman–Crippen LogP) is 3.10. The summed E-state index contributed by atoms with van der Waals surface area (Å²) in [6, 6.07) is 12.0. The summed E-state index contributed by atoms with van der Waals surface area (Å²) in [6.45, 7) is 0.323. The quantitative estimate of drug-likeness (QED) is 0.570. The zero-order valence-electron chi connectivity index (χ0n) is 18.1. The van der Waals surface area contributed by atoms with Crippen molar-refractivity contribution >= 4 is 15.9 Å². The number of ether oxygens (including phenoxy) is 1. The minimum Gasteiger partial charge on any atom is -0.496 e. The van der Waals surface area contributed by atoms with E-state index in [1.807, 2.05) is 24.3 Å². The Labute approximate surface area is 191 Å². The summed E-state index contributed by atoms with van der Waals surface area (Å²) in [7, 11) is -2.35. The predicted molar refractivity (Wildman–Crippen MR) is 117 cm³/mol. The number of nitrogens with one attached hydrogen (secondary N) is 2. The normalized spacial score (nSPS) is 15.9. The van der Waals surface area contributed by atoms with Gasteiger partial charge in [0.15, 0.2) is 0 Å². The second kappa shape index (κ2) is 10.5. The molecule has 0 spiro atoms. The number of nitrogens with zero attached hydrogens (tertiary/aromatic N) is 1. The van der Waals surface area contributed by atoms with Gasteiger partial charge in [0.25, 0.3) is 5.91 Å². The van der Waals surface area contributed by atoms with E-state index in [4.69, 9.17) is 4.74 Å². The fraction of sp³-hybridized carbons (Fsp3) is 0.409. The Hall–Kier alpha value is -2.63. The second-order valence-corrected chi connectivity index (χ2v) is 9.44. The van der Waals surface area contributed by atoms with E-state index in [1.165, 1.54) is 24.3 Å². The largest absolute Gasteiger partial charge is 0.496 e. The van der Waals surface area contributed by atoms with Crippen molar-refractivity contribution in [3.05, 3.63) is 59.7 Å². The van der Waals surface area contributed by atoms with Gasteiger partial charge in [-0.2, -0.15) is 13.2 Å². The van der Waals surface area contributed by atoms with Gasteiger partial charge in [-0.25, -0.2) is 13.1 Å². The van der Waals surface area contributed by atoms with Crippen LogP contribution in [0.2, 0.25) is 0 Å². The van der Waals surface area contributed by atoms with Crippen LogP contribution in [0.25, 0.3) is 0 Å². The minimum absolute atomic E-state index is 0.0674. The molecule has 0 radical (unpaired) electrons. The average Bonchev–Trinajstić information content (AvgIpc) is 3.32. The number of rotatable bonds is 9. The van der Waals surface area contributed by atoms with Crippen LogP contribution in [0.3, 0.4) is 0 Å². The molecular weight excluding hydrogens is 459 g/mol. The third-order valence-electron chi connectivity index (χ3n) is 5.42. The van der Waals surface area contributed by atoms with Gasteiger partial charge in [0.1, 0.15) is 12.3 Å². The first kappa shape index (κ1) is 25.0. The number of hydrogen-bond acceptors (Lipinski definition) is 5. The molecule has 1 aliphatic rings. The Balaban J connectivity index is 1.72. The van der Waals surface area contributed by atoms with E-state index in [0.29, 0.717) is 5.75 Å². The van der Waals surface area contributed by atoms with E-state index in [1.54, 1.807) is 12.4 Å². The van der Waals surface area contributed by atoms with Crippen molar-refractivity contribution in [2.45, 2.75) is 30.0 Å². The van der Waals surface area contributed by atoms with Crippen molar-refractivity contribution in [3.8, 4) is 5.75 Å². The molecule has 0 aromatic heterocycles. The number of methoxy groups -OCH3 is 1. The lowest BCUT2D eigenvalue weighted by atomic mass is 10.0. The Morgan fingerprint density at radius 1 is 1.09 bits per heavy atom. The maximum absolute atomic E-state index is 12.9. The molecular formula is C22H26F3N3O4S. The van der Waals surface area contributed by atoms with Gasteiger partial charge >= 0.3 is 6.18 Å². The first-order valence-electron chi connectivity index (χ1n) is 10.4. The van der Waals surface area contributed by atoms with Crippen LogP contribution >= 0.6 is 0 Å². The molecule has 180 valence electrons. The van der Waals surface area contributed by atoms with Crippen molar-refractivity contribution in [3.63, 3.8) is 0 Å². The van der Waals surface area contributed by atoms with Crippen LogP contribution < -0.4 is 14.8 Å². The summed E-state index contributed by atoms with van der Waals surface area (Å²) in [6.07, 6.45) is -2.48. The zero-order valence-corrected chi connectivity index (χ0v) is 18.9. The van der Waals surface area contributed by atoms with Crippen LogP contribution in [-0.2, 0) is 10.0 Å². The van der Waals surface area contributed by atoms with Crippen LogP contribution in [0.4, 0.5) is 13.2 Å². The molecule has 7 nitrogen and oxygen atoms in total. The highest BCUT2D eigenvalue weighted by Crippen LogP contribution is 2.31. The molecule has 11 heteroatoms. The van der Waals surface area contributed by atoms with Gasteiger partial charge in [-0.15, -0.1) is 0 Å². The molecule has 2 aromatic carbocycles. The topological polar surface area (TPSA) is 87.7 Å². The summed E-state index contributed by atoms with van der Waals surface area (Å²) < 4.78 is 70.6. The number of amides is 1. The summed E-state index contributed by atoms with van der Waals surface area (Å²) in [5.41, 5.74) is 0.809. The molecule has 1 unspecified atom stereocenters. The molecule has 1 saturated heterocycles. The van der Waals surface area contributed by atoms with Gasteiger partial charge in [-0.3, -0.25) is 9.69 Å². The molecule has 0 bridgehead atoms. The van der Waals surface area contributed by atoms with Gasteiger partial charge in [0, 0.05) is 17.7 Å². The van der Waals surface area contributed by atoms with Crippen molar-refractivity contribution in [2.75, 3.05) is 33.3 Å². The molecule has 2 aromatic rings. The third-order valence-corrected chi connectivity index (χ3v) is 6.86. The van der Waals surface area contributed by atoms with Gasteiger partial charge in [-0.05, 0) is 56.3 Å². The van der Waals surface area contributed by atoms with Crippen LogP contribution in [-0.4, -0.2) is 58.7 Å². The van der Waals surface area contributed by atoms with Gasteiger partial charge in [0.05, 0.1) is 18.0 Å². The van der Waals surface area contributed by atoms with E-state index in [-0.39, 0.29) is 23.0 Å². The molecule has 1 heterocycles. The Bertz CT molecular complexity index is 1050. The van der Waals surface area contributed by atoms with Crippen LogP contribution in [0, 0.1) is 0 Å². The van der Waals surface area contributed by atoms with Crippen LogP contribution in [0.1, 0.15) is 34.8 Å². The van der Waals surface area contributed by atoms with E-state index in [0.717, 1.165) is 31.5 Å². The highest BCUT2D eigenvalue weighted by atomic mass is 32.2. The number of para-hydroxylation sites is 1. The maximum atomic E-state index is 12.9. The molecule has 2 N–H and O–H groups in total. The zero-order chi connectivity index (χ0) is 24.1. The van der Waals surface area contributed by atoms with Crippen molar-refractivity contribution in [2.24, 2.45) is 0 Å². The number of hydrogen-bond donors (Lipinski definition) is 2. The molecule has 1 atom stereocenters. The second-order valence-electron chi connectivity index (χ2n) is 7.67. The van der Waals surface area contributed by atoms with Crippen molar-refractivity contribution in [1.29, 1.82) is 0 Å². The Kier molecular flexibility index (Phi) is 7.98. The highest BCUT2D eigenvalue weighted by Gasteiger charge is 2.29. The lowest BCUT2D eigenvalue weighted by molar-refractivity contribution is -0.123. The lowest BCUT2D eigenvalue weighted by Crippen LogP contribution is -2.37. The minimum atomic E-state index is -4.53. The molecule has 3 rings (SSSR count). The number of carbonyl (C=O) groups excluding carboxylic acids is 1. The summed E-state index contributed by atoms with van der Waals surface area (Å²) in [5, 5.41) is 1.75. The number of carbonyl (C=O) groups is 1. The van der Waals surface area contributed by atoms with Gasteiger partial charge < -0.3 is 10.1 Å². The molecule has 0 aliphatic carbocycles. The summed E-state index contributed by atoms with van der Waals surface area (Å²) in [4.78, 5) is 14.0. The summed E-state index contributed by atoms with van der Waals surface area (Å²) in [5.74, 6) is -0.266. The first-order valence-corrected chi connectivity index (χ1v) is 11.9. The standard InChI is InChI=1S/C22H26F3N3O4S/c1-32-20-7-3-2-6-18(20)19(28-12-4-5-13-28)14-27-33(30,31)17-10-8-16(9-11-17)21(29)26-15-22(23,24)25/h2-3,6-11,19,27H,4-5,12-15H2,1H3,(H,26,29). The smallest absolute Gasteiger partial charge is 0.405 e. The third kappa shape index (κ3) is 6.68. The Morgan fingerprint density at radius 3 is 2.33 bits per heavy atom. The molecule has 1 fully saturated rings. The Morgan fingerprint density at radius 2 is 1.73 bits per heavy atom. The van der Waals surface area contributed by atoms with E-state index < -0.39 is 28.7 Å². The SMILES string of the molecule is COc1ccccc1C(CNS(=O)(=O)c1ccc(C(=O)NCC(F)(F)F)cc1)N1CCCC1. The first-order chi connectivity index (χ1) is 15.6. The molecule has 1 aliphatic heterocycles. The molecule has 33 heavy (non-hydrogen) atoms. The molecule has 1 amide bonds. The van der Waals surface area contributed by atoms with Gasteiger partial charge in [-0.1, -0.05) is 18.2 Å². The van der Waals surface area contributed by atoms with Crippen molar-refractivity contribution < 1.29 is 31.1 Å².